The molecule has 1 fully saturated rings. The fraction of sp³-hybridized carbons (Fsp3) is 0.375. The van der Waals surface area contributed by atoms with E-state index in [-0.39, 0.29) is 17.1 Å². The Balaban J connectivity index is 1.98. The van der Waals surface area contributed by atoms with Crippen LogP contribution in [0.3, 0.4) is 0 Å². The molecule has 3 atom stereocenters. The normalized spacial score (nSPS) is 27.8. The number of ether oxygens (including phenoxy) is 1. The van der Waals surface area contributed by atoms with E-state index < -0.39 is 42.0 Å². The van der Waals surface area contributed by atoms with Gasteiger partial charge in [0.2, 0.25) is 0 Å². The van der Waals surface area contributed by atoms with E-state index in [1.54, 1.807) is 0 Å². The van der Waals surface area contributed by atoms with Gasteiger partial charge in [-0.15, -0.1) is 0 Å². The Morgan fingerprint density at radius 3 is 2.64 bits per heavy atom. The molecule has 0 spiro atoms. The van der Waals surface area contributed by atoms with Crippen LogP contribution in [0.4, 0.5) is 22.0 Å². The summed E-state index contributed by atoms with van der Waals surface area (Å²) in [5, 5.41) is 18.5. The third kappa shape index (κ3) is 3.09. The molecule has 2 aliphatic carbocycles. The van der Waals surface area contributed by atoms with E-state index in [1.165, 1.54) is 18.5 Å². The van der Waals surface area contributed by atoms with Gasteiger partial charge in [0.15, 0.2) is 0 Å². The summed E-state index contributed by atoms with van der Waals surface area (Å²) in [6.45, 7) is 0. The molecule has 0 amide bonds. The van der Waals surface area contributed by atoms with Gasteiger partial charge in [0.1, 0.15) is 23.7 Å². The number of hydrogen-bond donors (Lipinski definition) is 1. The lowest BCUT2D eigenvalue weighted by molar-refractivity contribution is -0.123. The molecule has 1 saturated carbocycles. The minimum atomic E-state index is -4.84. The van der Waals surface area contributed by atoms with E-state index in [0.29, 0.717) is 6.08 Å². The maximum atomic E-state index is 13.8. The first-order valence-corrected chi connectivity index (χ1v) is 7.21. The fourth-order valence-corrected chi connectivity index (χ4v) is 3.16. The van der Waals surface area contributed by atoms with Gasteiger partial charge in [-0.1, -0.05) is 6.08 Å². The molecule has 9 heteroatoms. The lowest BCUT2D eigenvalue weighted by Gasteiger charge is -2.30. The lowest BCUT2D eigenvalue weighted by Crippen LogP contribution is -2.37. The summed E-state index contributed by atoms with van der Waals surface area (Å²) in [6.07, 6.45) is -4.19. The lowest BCUT2D eigenvalue weighted by atomic mass is 9.82. The second kappa shape index (κ2) is 5.81. The summed E-state index contributed by atoms with van der Waals surface area (Å²) in [5.41, 5.74) is -1.06. The van der Waals surface area contributed by atoms with Gasteiger partial charge in [-0.2, -0.15) is 18.4 Å². The first-order chi connectivity index (χ1) is 11.6. The van der Waals surface area contributed by atoms with Gasteiger partial charge in [0, 0.05) is 36.1 Å². The topological polar surface area (TPSA) is 66.1 Å². The molecule has 132 valence electrons. The zero-order valence-electron chi connectivity index (χ0n) is 12.5. The van der Waals surface area contributed by atoms with Crippen molar-refractivity contribution in [3.63, 3.8) is 0 Å². The van der Waals surface area contributed by atoms with Crippen LogP contribution in [0.25, 0.3) is 0 Å². The van der Waals surface area contributed by atoms with Crippen molar-refractivity contribution in [3.05, 3.63) is 47.5 Å². The number of alkyl halides is 5. The summed E-state index contributed by atoms with van der Waals surface area (Å²) in [6, 6.07) is 3.10. The number of aliphatic hydroxyl groups excluding tert-OH is 1. The molecule has 0 aromatic carbocycles. The minimum absolute atomic E-state index is 0.0395. The number of pyridine rings is 1. The summed E-state index contributed by atoms with van der Waals surface area (Å²) >= 11 is 0. The van der Waals surface area contributed by atoms with E-state index in [1.807, 2.05) is 6.07 Å². The van der Waals surface area contributed by atoms with Gasteiger partial charge >= 0.3 is 6.18 Å². The Morgan fingerprint density at radius 2 is 2.00 bits per heavy atom. The number of nitriles is 1. The second-order valence-electron chi connectivity index (χ2n) is 5.85. The van der Waals surface area contributed by atoms with Crippen LogP contribution in [-0.2, 0) is 0 Å². The van der Waals surface area contributed by atoms with Crippen LogP contribution in [0.15, 0.2) is 41.9 Å². The van der Waals surface area contributed by atoms with Gasteiger partial charge in [-0.25, -0.2) is 8.78 Å². The minimum Gasteiger partial charge on any atom is -0.460 e. The largest absolute Gasteiger partial charge is 0.460 e. The number of hydrogen-bond acceptors (Lipinski definition) is 4. The molecule has 1 aromatic rings. The molecule has 25 heavy (non-hydrogen) atoms. The van der Waals surface area contributed by atoms with E-state index >= 15 is 0 Å². The number of aliphatic hydroxyl groups is 1. The average Bonchev–Trinajstić information content (AvgIpc) is 2.78. The van der Waals surface area contributed by atoms with Crippen LogP contribution < -0.4 is 4.74 Å². The first kappa shape index (κ1) is 17.4. The van der Waals surface area contributed by atoms with E-state index in [4.69, 9.17) is 10.00 Å². The van der Waals surface area contributed by atoms with Crippen molar-refractivity contribution in [2.45, 2.75) is 24.6 Å². The Bertz CT molecular complexity index is 794. The molecule has 0 saturated heterocycles. The van der Waals surface area contributed by atoms with Gasteiger partial charge in [0.05, 0.1) is 11.8 Å². The molecule has 1 aromatic heterocycles. The van der Waals surface area contributed by atoms with Crippen molar-refractivity contribution in [2.75, 3.05) is 0 Å². The molecular weight excluding hydrogens is 347 g/mol. The molecule has 3 rings (SSSR count). The van der Waals surface area contributed by atoms with Crippen LogP contribution in [0.1, 0.15) is 12.0 Å². The summed E-state index contributed by atoms with van der Waals surface area (Å²) in [7, 11) is 0. The number of allylic oxidation sites excluding steroid dienone is 3. The predicted octanol–water partition coefficient (Wildman–Crippen LogP) is 3.35. The fourth-order valence-electron chi connectivity index (χ4n) is 3.16. The van der Waals surface area contributed by atoms with Crippen molar-refractivity contribution in [1.82, 2.24) is 4.98 Å². The number of nitrogens with zero attached hydrogens (tertiary/aromatic N) is 2. The Labute approximate surface area is 138 Å². The Hall–Kier alpha value is -2.47. The van der Waals surface area contributed by atoms with Crippen molar-refractivity contribution >= 4 is 0 Å². The molecule has 2 aliphatic rings. The molecule has 1 N–H and O–H groups in total. The summed E-state index contributed by atoms with van der Waals surface area (Å²) in [4.78, 5) is 3.74. The zero-order valence-corrected chi connectivity index (χ0v) is 12.5. The highest BCUT2D eigenvalue weighted by Gasteiger charge is 2.61. The SMILES string of the molecule is N#Cc1cncc(OC2=CC=C(C(F)(F)F)C3C2CC(F)(F)[C@H]3O)c1. The molecule has 0 aliphatic heterocycles. The van der Waals surface area contributed by atoms with Crippen LogP contribution in [0.2, 0.25) is 0 Å². The molecule has 1 heterocycles. The Kier molecular flexibility index (Phi) is 4.03. The van der Waals surface area contributed by atoms with E-state index in [2.05, 4.69) is 4.98 Å². The van der Waals surface area contributed by atoms with Crippen molar-refractivity contribution in [3.8, 4) is 11.8 Å². The standard InChI is InChI=1S/C16H11F5N2O2/c17-15(18)4-10-12(25-9-3-8(5-22)6-23-7-9)2-1-11(16(19,20)21)13(10)14(15)24/h1-3,6-7,10,13-14,24H,4H2/t10?,13?,14-/m0/s1. The predicted molar refractivity (Wildman–Crippen MR) is 74.4 cm³/mol. The van der Waals surface area contributed by atoms with Gasteiger partial charge in [0.25, 0.3) is 5.92 Å². The maximum absolute atomic E-state index is 13.8. The third-order valence-electron chi connectivity index (χ3n) is 4.26. The monoisotopic (exact) mass is 358 g/mol. The van der Waals surface area contributed by atoms with E-state index in [0.717, 1.165) is 6.08 Å². The highest BCUT2D eigenvalue weighted by atomic mass is 19.4. The molecule has 0 bridgehead atoms. The summed E-state index contributed by atoms with van der Waals surface area (Å²) in [5.74, 6) is -6.91. The number of rotatable bonds is 2. The van der Waals surface area contributed by atoms with Crippen LogP contribution in [-0.4, -0.2) is 28.3 Å². The quantitative estimate of drug-likeness (QED) is 0.824. The average molecular weight is 358 g/mol. The van der Waals surface area contributed by atoms with Gasteiger partial charge in [-0.3, -0.25) is 4.98 Å². The maximum Gasteiger partial charge on any atom is 0.413 e. The van der Waals surface area contributed by atoms with Crippen molar-refractivity contribution in [1.29, 1.82) is 5.26 Å². The highest BCUT2D eigenvalue weighted by molar-refractivity contribution is 5.38. The second-order valence-corrected chi connectivity index (χ2v) is 5.85. The number of halogens is 5. The zero-order chi connectivity index (χ0) is 18.4. The number of fused-ring (bicyclic) bond motifs is 1. The van der Waals surface area contributed by atoms with Gasteiger partial charge < -0.3 is 9.84 Å². The number of aromatic nitrogens is 1. The van der Waals surface area contributed by atoms with Gasteiger partial charge in [-0.05, 0) is 6.08 Å². The molecule has 0 radical (unpaired) electrons. The first-order valence-electron chi connectivity index (χ1n) is 7.21. The smallest absolute Gasteiger partial charge is 0.413 e. The molecule has 2 unspecified atom stereocenters. The summed E-state index contributed by atoms with van der Waals surface area (Å²) < 4.78 is 72.5. The van der Waals surface area contributed by atoms with E-state index in [9.17, 15) is 27.1 Å². The highest BCUT2D eigenvalue weighted by Crippen LogP contribution is 2.54. The third-order valence-corrected chi connectivity index (χ3v) is 4.26. The Morgan fingerprint density at radius 1 is 1.28 bits per heavy atom. The van der Waals surface area contributed by atoms with Crippen molar-refractivity contribution in [2.24, 2.45) is 11.8 Å². The van der Waals surface area contributed by atoms with Crippen LogP contribution >= 0.6 is 0 Å². The van der Waals surface area contributed by atoms with Crippen LogP contribution in [0.5, 0.6) is 5.75 Å². The molecular formula is C16H11F5N2O2. The van der Waals surface area contributed by atoms with Crippen molar-refractivity contribution < 1.29 is 31.8 Å². The van der Waals surface area contributed by atoms with Crippen LogP contribution in [0, 0.1) is 23.2 Å². The molecule has 4 nitrogen and oxygen atoms in total.